The predicted octanol–water partition coefficient (Wildman–Crippen LogP) is 4.59. The van der Waals surface area contributed by atoms with E-state index in [1.54, 1.807) is 6.07 Å². The van der Waals surface area contributed by atoms with Gasteiger partial charge in [-0.3, -0.25) is 0 Å². The minimum atomic E-state index is -0.744. The van der Waals surface area contributed by atoms with Crippen molar-refractivity contribution < 1.29 is 18.3 Å². The highest BCUT2D eigenvalue weighted by Gasteiger charge is 2.11. The summed E-state index contributed by atoms with van der Waals surface area (Å²) in [5, 5.41) is 8.33. The Kier molecular flexibility index (Phi) is 6.63. The van der Waals surface area contributed by atoms with Crippen LogP contribution in [0.4, 0.5) is 4.39 Å². The second-order valence-corrected chi connectivity index (χ2v) is 6.92. The quantitative estimate of drug-likeness (QED) is 0.324. The van der Waals surface area contributed by atoms with E-state index >= 15 is 0 Å². The maximum absolute atomic E-state index is 13.4. The normalized spacial score (nSPS) is 10.1. The molecule has 8 heteroatoms. The maximum Gasteiger partial charge on any atom is 0.342 e. The molecule has 0 saturated carbocycles. The minimum absolute atomic E-state index is 0.111. The fourth-order valence-electron chi connectivity index (χ4n) is 1.98. The Balaban J connectivity index is 1.45. The standard InChI is InChI=1S/C19H12BrFN2O3S/c20-14-9-7-13(8-10-14)17-22-23-19(26-17)27-12-4-3-11-25-18(24)15-5-1-2-6-16(15)21/h1-2,5-10H,11-12H2. The lowest BCUT2D eigenvalue weighted by molar-refractivity contribution is 0.0551. The van der Waals surface area contributed by atoms with E-state index in [4.69, 9.17) is 9.15 Å². The summed E-state index contributed by atoms with van der Waals surface area (Å²) in [5.74, 6) is 4.96. The minimum Gasteiger partial charge on any atom is -0.449 e. The SMILES string of the molecule is O=C(OCC#CCSc1nnc(-c2ccc(Br)cc2)o1)c1ccccc1F. The van der Waals surface area contributed by atoms with E-state index in [-0.39, 0.29) is 12.2 Å². The van der Waals surface area contributed by atoms with E-state index in [9.17, 15) is 9.18 Å². The van der Waals surface area contributed by atoms with E-state index < -0.39 is 11.8 Å². The van der Waals surface area contributed by atoms with Gasteiger partial charge in [0.05, 0.1) is 11.3 Å². The highest BCUT2D eigenvalue weighted by molar-refractivity contribution is 9.10. The number of rotatable bonds is 5. The van der Waals surface area contributed by atoms with Gasteiger partial charge in [-0.05, 0) is 36.4 Å². The average molecular weight is 447 g/mol. The van der Waals surface area contributed by atoms with E-state index in [1.165, 1.54) is 30.0 Å². The van der Waals surface area contributed by atoms with Crippen LogP contribution in [0.5, 0.6) is 0 Å². The fraction of sp³-hybridized carbons (Fsp3) is 0.105. The molecule has 0 unspecified atom stereocenters. The Labute approximate surface area is 167 Å². The van der Waals surface area contributed by atoms with Crippen LogP contribution in [0.15, 0.2) is 62.6 Å². The molecule has 0 spiro atoms. The number of nitrogens with zero attached hydrogens (tertiary/aromatic N) is 2. The number of thioether (sulfide) groups is 1. The molecule has 1 heterocycles. The average Bonchev–Trinajstić information content (AvgIpc) is 3.14. The molecule has 0 aliphatic rings. The summed E-state index contributed by atoms with van der Waals surface area (Å²) in [5.41, 5.74) is 0.712. The molecule has 0 bridgehead atoms. The van der Waals surface area contributed by atoms with Gasteiger partial charge in [0.15, 0.2) is 6.61 Å². The van der Waals surface area contributed by atoms with Crippen molar-refractivity contribution in [3.8, 4) is 23.3 Å². The summed E-state index contributed by atoms with van der Waals surface area (Å²) in [6.07, 6.45) is 0. The van der Waals surface area contributed by atoms with E-state index in [1.807, 2.05) is 24.3 Å². The van der Waals surface area contributed by atoms with Crippen LogP contribution in [0.3, 0.4) is 0 Å². The molecule has 0 aliphatic heterocycles. The summed E-state index contributed by atoms with van der Waals surface area (Å²) < 4.78 is 24.9. The second-order valence-electron chi connectivity index (χ2n) is 5.08. The Morgan fingerprint density at radius 3 is 2.70 bits per heavy atom. The molecule has 0 aliphatic carbocycles. The van der Waals surface area contributed by atoms with Gasteiger partial charge in [-0.25, -0.2) is 9.18 Å². The molecule has 0 N–H and O–H groups in total. The Hall–Kier alpha value is -2.63. The number of halogens is 2. The lowest BCUT2D eigenvalue weighted by atomic mass is 10.2. The first-order chi connectivity index (χ1) is 13.1. The molecule has 0 radical (unpaired) electrons. The van der Waals surface area contributed by atoms with Gasteiger partial charge in [-0.1, -0.05) is 51.7 Å². The van der Waals surface area contributed by atoms with Gasteiger partial charge in [0.2, 0.25) is 5.89 Å². The van der Waals surface area contributed by atoms with Crippen molar-refractivity contribution in [2.75, 3.05) is 12.4 Å². The third-order valence-electron chi connectivity index (χ3n) is 3.26. The molecule has 0 fully saturated rings. The molecule has 3 aromatic rings. The van der Waals surface area contributed by atoms with Gasteiger partial charge < -0.3 is 9.15 Å². The number of hydrogen-bond donors (Lipinski definition) is 0. The summed E-state index contributed by atoms with van der Waals surface area (Å²) in [6, 6.07) is 13.1. The Bertz CT molecular complexity index is 996. The topological polar surface area (TPSA) is 65.2 Å². The zero-order chi connectivity index (χ0) is 19.1. The summed E-state index contributed by atoms with van der Waals surface area (Å²) >= 11 is 4.64. The van der Waals surface area contributed by atoms with Crippen LogP contribution < -0.4 is 0 Å². The van der Waals surface area contributed by atoms with Crippen LogP contribution in [-0.2, 0) is 4.74 Å². The summed E-state index contributed by atoms with van der Waals surface area (Å²) in [4.78, 5) is 11.7. The highest BCUT2D eigenvalue weighted by Crippen LogP contribution is 2.24. The lowest BCUT2D eigenvalue weighted by Gasteiger charge is -2.01. The van der Waals surface area contributed by atoms with Crippen molar-refractivity contribution in [2.45, 2.75) is 5.22 Å². The number of aromatic nitrogens is 2. The van der Waals surface area contributed by atoms with Crippen molar-refractivity contribution in [3.63, 3.8) is 0 Å². The Morgan fingerprint density at radius 2 is 1.93 bits per heavy atom. The molecule has 3 rings (SSSR count). The van der Waals surface area contributed by atoms with Crippen LogP contribution in [-0.4, -0.2) is 28.5 Å². The highest BCUT2D eigenvalue weighted by atomic mass is 79.9. The smallest absolute Gasteiger partial charge is 0.342 e. The third-order valence-corrected chi connectivity index (χ3v) is 4.49. The first-order valence-corrected chi connectivity index (χ1v) is 9.51. The van der Waals surface area contributed by atoms with Gasteiger partial charge in [-0.2, -0.15) is 0 Å². The van der Waals surface area contributed by atoms with Gasteiger partial charge in [0.1, 0.15) is 5.82 Å². The molecular weight excluding hydrogens is 435 g/mol. The molecule has 27 heavy (non-hydrogen) atoms. The van der Waals surface area contributed by atoms with Gasteiger partial charge in [0.25, 0.3) is 5.22 Å². The first-order valence-electron chi connectivity index (χ1n) is 7.73. The first kappa shape index (κ1) is 19.1. The second kappa shape index (κ2) is 9.35. The zero-order valence-electron chi connectivity index (χ0n) is 13.8. The molecule has 1 aromatic heterocycles. The largest absolute Gasteiger partial charge is 0.449 e. The van der Waals surface area contributed by atoms with Gasteiger partial charge in [-0.15, -0.1) is 10.2 Å². The van der Waals surface area contributed by atoms with Crippen LogP contribution in [0.2, 0.25) is 0 Å². The van der Waals surface area contributed by atoms with Crippen molar-refractivity contribution >= 4 is 33.7 Å². The van der Waals surface area contributed by atoms with E-state index in [2.05, 4.69) is 38.0 Å². The van der Waals surface area contributed by atoms with Crippen molar-refractivity contribution in [2.24, 2.45) is 0 Å². The number of benzene rings is 2. The van der Waals surface area contributed by atoms with Crippen molar-refractivity contribution in [1.29, 1.82) is 0 Å². The number of ether oxygens (including phenoxy) is 1. The van der Waals surface area contributed by atoms with Crippen molar-refractivity contribution in [1.82, 2.24) is 10.2 Å². The molecule has 2 aromatic carbocycles. The van der Waals surface area contributed by atoms with Crippen LogP contribution in [0.1, 0.15) is 10.4 Å². The molecular formula is C19H12BrFN2O3S. The predicted molar refractivity (Wildman–Crippen MR) is 103 cm³/mol. The van der Waals surface area contributed by atoms with E-state index in [0.717, 1.165) is 10.0 Å². The van der Waals surface area contributed by atoms with Crippen LogP contribution in [0.25, 0.3) is 11.5 Å². The fourth-order valence-corrected chi connectivity index (χ4v) is 2.78. The van der Waals surface area contributed by atoms with Gasteiger partial charge in [0, 0.05) is 10.0 Å². The number of esters is 1. The summed E-state index contributed by atoms with van der Waals surface area (Å²) in [7, 11) is 0. The zero-order valence-corrected chi connectivity index (χ0v) is 16.2. The van der Waals surface area contributed by atoms with Crippen LogP contribution >= 0.6 is 27.7 Å². The molecule has 5 nitrogen and oxygen atoms in total. The molecule has 0 amide bonds. The number of hydrogen-bond acceptors (Lipinski definition) is 6. The van der Waals surface area contributed by atoms with Crippen LogP contribution in [0, 0.1) is 17.7 Å². The monoisotopic (exact) mass is 446 g/mol. The van der Waals surface area contributed by atoms with Gasteiger partial charge >= 0.3 is 5.97 Å². The van der Waals surface area contributed by atoms with Crippen molar-refractivity contribution in [3.05, 3.63) is 64.4 Å². The third kappa shape index (κ3) is 5.42. The lowest BCUT2D eigenvalue weighted by Crippen LogP contribution is -2.07. The Morgan fingerprint density at radius 1 is 1.15 bits per heavy atom. The van der Waals surface area contributed by atoms with E-state index in [0.29, 0.717) is 16.9 Å². The summed E-state index contributed by atoms with van der Waals surface area (Å²) in [6.45, 7) is -0.123. The number of carbonyl (C=O) groups is 1. The molecule has 0 atom stereocenters. The number of carbonyl (C=O) groups excluding carboxylic acids is 1. The molecule has 0 saturated heterocycles. The maximum atomic E-state index is 13.4. The molecule has 136 valence electrons.